The summed E-state index contributed by atoms with van der Waals surface area (Å²) in [5.41, 5.74) is 0.459. The highest BCUT2D eigenvalue weighted by molar-refractivity contribution is 6.31. The normalized spacial score (nSPS) is 14.0. The fourth-order valence-electron chi connectivity index (χ4n) is 2.59. The molecule has 0 N–H and O–H groups in total. The molecule has 2 aromatic carbocycles. The SMILES string of the molecule is COc1ccccc1OC1CN(C(=O)c2cc(Cl)ccc2OC)C1. The number of benzene rings is 2. The van der Waals surface area contributed by atoms with Gasteiger partial charge in [-0.3, -0.25) is 4.79 Å². The van der Waals surface area contributed by atoms with Gasteiger partial charge in [-0.1, -0.05) is 23.7 Å². The van der Waals surface area contributed by atoms with Crippen LogP contribution in [0.5, 0.6) is 17.2 Å². The van der Waals surface area contributed by atoms with Crippen molar-refractivity contribution in [2.24, 2.45) is 0 Å². The average molecular weight is 348 g/mol. The summed E-state index contributed by atoms with van der Waals surface area (Å²) >= 11 is 5.99. The van der Waals surface area contributed by atoms with Crippen molar-refractivity contribution in [3.8, 4) is 17.2 Å². The van der Waals surface area contributed by atoms with Gasteiger partial charge in [-0.05, 0) is 30.3 Å². The van der Waals surface area contributed by atoms with Crippen LogP contribution in [0, 0.1) is 0 Å². The van der Waals surface area contributed by atoms with Gasteiger partial charge in [0.25, 0.3) is 5.91 Å². The van der Waals surface area contributed by atoms with Crippen LogP contribution >= 0.6 is 11.6 Å². The molecule has 126 valence electrons. The highest BCUT2D eigenvalue weighted by atomic mass is 35.5. The van der Waals surface area contributed by atoms with E-state index in [2.05, 4.69) is 0 Å². The average Bonchev–Trinajstić information content (AvgIpc) is 2.57. The fourth-order valence-corrected chi connectivity index (χ4v) is 2.76. The highest BCUT2D eigenvalue weighted by Gasteiger charge is 2.34. The molecule has 1 fully saturated rings. The molecule has 3 rings (SSSR count). The van der Waals surface area contributed by atoms with E-state index in [9.17, 15) is 4.79 Å². The summed E-state index contributed by atoms with van der Waals surface area (Å²) < 4.78 is 16.4. The van der Waals surface area contributed by atoms with Gasteiger partial charge in [0.15, 0.2) is 11.5 Å². The first kappa shape index (κ1) is 16.5. The van der Waals surface area contributed by atoms with Crippen LogP contribution in [0.15, 0.2) is 42.5 Å². The number of carbonyl (C=O) groups is 1. The van der Waals surface area contributed by atoms with Gasteiger partial charge in [0.1, 0.15) is 11.9 Å². The number of para-hydroxylation sites is 2. The van der Waals surface area contributed by atoms with E-state index in [-0.39, 0.29) is 12.0 Å². The summed E-state index contributed by atoms with van der Waals surface area (Å²) in [6.07, 6.45) is -0.0598. The Balaban J connectivity index is 1.64. The van der Waals surface area contributed by atoms with Gasteiger partial charge in [0.05, 0.1) is 32.9 Å². The van der Waals surface area contributed by atoms with Crippen LogP contribution in [0.25, 0.3) is 0 Å². The number of hydrogen-bond acceptors (Lipinski definition) is 4. The fraction of sp³-hybridized carbons (Fsp3) is 0.278. The molecule has 0 radical (unpaired) electrons. The Bertz CT molecular complexity index is 744. The van der Waals surface area contributed by atoms with Gasteiger partial charge in [0, 0.05) is 5.02 Å². The third kappa shape index (κ3) is 3.26. The van der Waals surface area contributed by atoms with E-state index < -0.39 is 0 Å². The van der Waals surface area contributed by atoms with Crippen LogP contribution in [-0.2, 0) is 0 Å². The summed E-state index contributed by atoms with van der Waals surface area (Å²) in [6.45, 7) is 1.01. The van der Waals surface area contributed by atoms with Crippen LogP contribution in [0.3, 0.4) is 0 Å². The van der Waals surface area contributed by atoms with E-state index in [0.717, 1.165) is 0 Å². The Morgan fingerprint density at radius 1 is 1.04 bits per heavy atom. The summed E-state index contributed by atoms with van der Waals surface area (Å²) in [6, 6.07) is 12.5. The first-order chi connectivity index (χ1) is 11.6. The summed E-state index contributed by atoms with van der Waals surface area (Å²) in [5, 5.41) is 0.501. The lowest BCUT2D eigenvalue weighted by Gasteiger charge is -2.39. The smallest absolute Gasteiger partial charge is 0.257 e. The molecule has 1 aliphatic heterocycles. The van der Waals surface area contributed by atoms with Crippen molar-refractivity contribution in [2.75, 3.05) is 27.3 Å². The van der Waals surface area contributed by atoms with Gasteiger partial charge >= 0.3 is 0 Å². The lowest BCUT2D eigenvalue weighted by molar-refractivity contribution is 0.0166. The third-order valence-electron chi connectivity index (χ3n) is 3.89. The van der Waals surface area contributed by atoms with Crippen LogP contribution in [0.1, 0.15) is 10.4 Å². The zero-order chi connectivity index (χ0) is 17.1. The van der Waals surface area contributed by atoms with E-state index >= 15 is 0 Å². The highest BCUT2D eigenvalue weighted by Crippen LogP contribution is 2.30. The first-order valence-corrected chi connectivity index (χ1v) is 7.92. The number of ether oxygens (including phenoxy) is 3. The van der Waals surface area contributed by atoms with E-state index in [4.69, 9.17) is 25.8 Å². The van der Waals surface area contributed by atoms with Crippen molar-refractivity contribution < 1.29 is 19.0 Å². The molecule has 0 atom stereocenters. The van der Waals surface area contributed by atoms with Gasteiger partial charge in [-0.2, -0.15) is 0 Å². The molecule has 0 aromatic heterocycles. The number of carbonyl (C=O) groups excluding carboxylic acids is 1. The minimum Gasteiger partial charge on any atom is -0.496 e. The van der Waals surface area contributed by atoms with E-state index in [0.29, 0.717) is 40.9 Å². The van der Waals surface area contributed by atoms with Crippen LogP contribution in [-0.4, -0.2) is 44.2 Å². The minimum atomic E-state index is -0.116. The molecule has 2 aromatic rings. The summed E-state index contributed by atoms with van der Waals surface area (Å²) in [7, 11) is 3.13. The molecule has 1 heterocycles. The van der Waals surface area contributed by atoms with Gasteiger partial charge in [-0.15, -0.1) is 0 Å². The number of rotatable bonds is 5. The summed E-state index contributed by atoms with van der Waals surface area (Å²) in [5.74, 6) is 1.75. The van der Waals surface area contributed by atoms with Crippen LogP contribution in [0.4, 0.5) is 0 Å². The van der Waals surface area contributed by atoms with Crippen molar-refractivity contribution in [3.05, 3.63) is 53.1 Å². The zero-order valence-corrected chi connectivity index (χ0v) is 14.2. The lowest BCUT2D eigenvalue weighted by atomic mass is 10.1. The molecule has 0 bridgehead atoms. The van der Waals surface area contributed by atoms with E-state index in [1.807, 2.05) is 24.3 Å². The second kappa shape index (κ2) is 7.01. The molecule has 5 nitrogen and oxygen atoms in total. The van der Waals surface area contributed by atoms with Crippen molar-refractivity contribution >= 4 is 17.5 Å². The Morgan fingerprint density at radius 3 is 2.38 bits per heavy atom. The van der Waals surface area contributed by atoms with Crippen LogP contribution in [0.2, 0.25) is 5.02 Å². The molecule has 0 spiro atoms. The second-order valence-corrected chi connectivity index (χ2v) is 5.88. The molecular formula is C18H18ClNO4. The molecule has 0 aliphatic carbocycles. The molecule has 6 heteroatoms. The lowest BCUT2D eigenvalue weighted by Crippen LogP contribution is -2.56. The standard InChI is InChI=1S/C18H18ClNO4/c1-22-15-8-7-12(19)9-14(15)18(21)20-10-13(11-20)24-17-6-4-3-5-16(17)23-2/h3-9,13H,10-11H2,1-2H3. The molecule has 1 saturated heterocycles. The minimum absolute atomic E-state index is 0.0598. The second-order valence-electron chi connectivity index (χ2n) is 5.45. The van der Waals surface area contributed by atoms with Crippen LogP contribution < -0.4 is 14.2 Å². The van der Waals surface area contributed by atoms with Crippen molar-refractivity contribution in [2.45, 2.75) is 6.10 Å². The largest absolute Gasteiger partial charge is 0.496 e. The van der Waals surface area contributed by atoms with Gasteiger partial charge < -0.3 is 19.1 Å². The molecule has 1 amide bonds. The van der Waals surface area contributed by atoms with Gasteiger partial charge in [0.2, 0.25) is 0 Å². The summed E-state index contributed by atoms with van der Waals surface area (Å²) in [4.78, 5) is 14.3. The quantitative estimate of drug-likeness (QED) is 0.833. The first-order valence-electron chi connectivity index (χ1n) is 7.55. The number of nitrogens with zero attached hydrogens (tertiary/aromatic N) is 1. The van der Waals surface area contributed by atoms with E-state index in [1.165, 1.54) is 7.11 Å². The number of methoxy groups -OCH3 is 2. The predicted octanol–water partition coefficient (Wildman–Crippen LogP) is 3.26. The Hall–Kier alpha value is -2.40. The topological polar surface area (TPSA) is 48.0 Å². The number of halogens is 1. The maximum atomic E-state index is 12.6. The molecular weight excluding hydrogens is 330 g/mol. The maximum absolute atomic E-state index is 12.6. The predicted molar refractivity (Wildman–Crippen MR) is 91.3 cm³/mol. The molecule has 24 heavy (non-hydrogen) atoms. The van der Waals surface area contributed by atoms with Crippen molar-refractivity contribution in [1.29, 1.82) is 0 Å². The maximum Gasteiger partial charge on any atom is 0.257 e. The number of likely N-dealkylation sites (tertiary alicyclic amines) is 1. The van der Waals surface area contributed by atoms with E-state index in [1.54, 1.807) is 30.2 Å². The van der Waals surface area contributed by atoms with Crippen molar-refractivity contribution in [1.82, 2.24) is 4.90 Å². The number of hydrogen-bond donors (Lipinski definition) is 0. The van der Waals surface area contributed by atoms with Gasteiger partial charge in [-0.25, -0.2) is 0 Å². The third-order valence-corrected chi connectivity index (χ3v) is 4.12. The monoisotopic (exact) mass is 347 g/mol. The molecule has 0 unspecified atom stereocenters. The Labute approximate surface area is 145 Å². The van der Waals surface area contributed by atoms with Crippen molar-refractivity contribution in [3.63, 3.8) is 0 Å². The molecule has 0 saturated carbocycles. The number of amides is 1. The Morgan fingerprint density at radius 2 is 1.71 bits per heavy atom. The molecule has 1 aliphatic rings. The Kier molecular flexibility index (Phi) is 4.81. The zero-order valence-electron chi connectivity index (χ0n) is 13.5.